The molecule has 0 radical (unpaired) electrons. The fourth-order valence-corrected chi connectivity index (χ4v) is 2.66. The number of para-hydroxylation sites is 1. The number of aryl methyl sites for hydroxylation is 1. The Morgan fingerprint density at radius 3 is 2.48 bits per heavy atom. The van der Waals surface area contributed by atoms with E-state index >= 15 is 0 Å². The Labute approximate surface area is 135 Å². The van der Waals surface area contributed by atoms with Crippen molar-refractivity contribution in [3.63, 3.8) is 0 Å². The molecule has 3 aromatic rings. The molecule has 118 valence electrons. The third-order valence-corrected chi connectivity index (χ3v) is 3.76. The fraction of sp³-hybridized carbons (Fsp3) is 0.211. The van der Waals surface area contributed by atoms with Crippen LogP contribution in [0.3, 0.4) is 0 Å². The fourth-order valence-electron chi connectivity index (χ4n) is 2.66. The van der Waals surface area contributed by atoms with E-state index in [0.717, 1.165) is 16.5 Å². The predicted octanol–water partition coefficient (Wildman–Crippen LogP) is 3.93. The maximum Gasteiger partial charge on any atom is 0.358 e. The van der Waals surface area contributed by atoms with Gasteiger partial charge in [-0.05, 0) is 24.6 Å². The van der Waals surface area contributed by atoms with Gasteiger partial charge in [0.05, 0.1) is 12.1 Å². The van der Waals surface area contributed by atoms with Gasteiger partial charge >= 0.3 is 5.97 Å². The summed E-state index contributed by atoms with van der Waals surface area (Å²) in [4.78, 5) is 12.3. The van der Waals surface area contributed by atoms with Gasteiger partial charge in [0.2, 0.25) is 0 Å². The van der Waals surface area contributed by atoms with Gasteiger partial charge in [0, 0.05) is 12.4 Å². The first kappa shape index (κ1) is 15.2. The van der Waals surface area contributed by atoms with Crippen LogP contribution in [0.1, 0.15) is 23.0 Å². The monoisotopic (exact) mass is 309 g/mol. The quantitative estimate of drug-likeness (QED) is 0.670. The molecule has 0 amide bonds. The van der Waals surface area contributed by atoms with Crippen molar-refractivity contribution in [2.45, 2.75) is 13.5 Å². The number of fused-ring (bicyclic) bond motifs is 1. The number of ether oxygens (including phenoxy) is 2. The third-order valence-electron chi connectivity index (χ3n) is 3.76. The lowest BCUT2D eigenvalue weighted by molar-refractivity contribution is 0.0510. The van der Waals surface area contributed by atoms with Crippen molar-refractivity contribution in [2.24, 2.45) is 7.05 Å². The Morgan fingerprint density at radius 2 is 1.74 bits per heavy atom. The summed E-state index contributed by atoms with van der Waals surface area (Å²) in [6, 6.07) is 17.7. The molecule has 23 heavy (non-hydrogen) atoms. The minimum atomic E-state index is -0.366. The Morgan fingerprint density at radius 1 is 1.04 bits per heavy atom. The maximum absolute atomic E-state index is 12.3. The van der Waals surface area contributed by atoms with Crippen LogP contribution in [0.2, 0.25) is 0 Å². The van der Waals surface area contributed by atoms with Gasteiger partial charge in [0.15, 0.2) is 11.4 Å². The van der Waals surface area contributed by atoms with E-state index in [1.54, 1.807) is 6.92 Å². The van der Waals surface area contributed by atoms with Crippen LogP contribution < -0.4 is 4.74 Å². The van der Waals surface area contributed by atoms with E-state index in [1.807, 2.05) is 66.2 Å². The molecule has 0 saturated carbocycles. The summed E-state index contributed by atoms with van der Waals surface area (Å²) in [5, 5.41) is 0.911. The van der Waals surface area contributed by atoms with Crippen LogP contribution in [0.4, 0.5) is 0 Å². The molecular weight excluding hydrogens is 290 g/mol. The van der Waals surface area contributed by atoms with Gasteiger partial charge in [-0.15, -0.1) is 0 Å². The van der Waals surface area contributed by atoms with Crippen LogP contribution in [0.5, 0.6) is 5.75 Å². The molecule has 0 unspecified atom stereocenters. The van der Waals surface area contributed by atoms with Crippen LogP contribution in [0.25, 0.3) is 10.9 Å². The zero-order valence-corrected chi connectivity index (χ0v) is 13.3. The molecule has 0 N–H and O–H groups in total. The summed E-state index contributed by atoms with van der Waals surface area (Å²) in [6.45, 7) is 2.53. The highest BCUT2D eigenvalue weighted by Crippen LogP contribution is 2.33. The number of nitrogens with zero attached hydrogens (tertiary/aromatic N) is 1. The summed E-state index contributed by atoms with van der Waals surface area (Å²) in [7, 11) is 1.85. The summed E-state index contributed by atoms with van der Waals surface area (Å²) < 4.78 is 13.0. The molecule has 1 aromatic heterocycles. The number of benzene rings is 2. The number of hydrogen-bond donors (Lipinski definition) is 0. The van der Waals surface area contributed by atoms with Crippen LogP contribution >= 0.6 is 0 Å². The van der Waals surface area contributed by atoms with Gasteiger partial charge in [0.25, 0.3) is 0 Å². The molecule has 0 atom stereocenters. The summed E-state index contributed by atoms with van der Waals surface area (Å²) in [6.07, 6.45) is 0. The van der Waals surface area contributed by atoms with Crippen molar-refractivity contribution < 1.29 is 14.3 Å². The lowest BCUT2D eigenvalue weighted by atomic mass is 10.2. The number of carbonyl (C=O) groups excluding carboxylic acids is 1. The second kappa shape index (κ2) is 6.57. The second-order valence-corrected chi connectivity index (χ2v) is 5.25. The zero-order chi connectivity index (χ0) is 16.2. The molecule has 0 aliphatic rings. The van der Waals surface area contributed by atoms with E-state index in [4.69, 9.17) is 9.47 Å². The molecule has 4 nitrogen and oxygen atoms in total. The van der Waals surface area contributed by atoms with Crippen LogP contribution in [-0.4, -0.2) is 17.1 Å². The average molecular weight is 309 g/mol. The lowest BCUT2D eigenvalue weighted by Gasteiger charge is -2.09. The molecule has 0 saturated heterocycles. The Hall–Kier alpha value is -2.75. The SMILES string of the molecule is CCOC(=O)c1c(OCc2ccccc2)c2ccccc2n1C. The van der Waals surface area contributed by atoms with Crippen LogP contribution in [0.15, 0.2) is 54.6 Å². The van der Waals surface area contributed by atoms with Gasteiger partial charge in [-0.25, -0.2) is 4.79 Å². The number of esters is 1. The summed E-state index contributed by atoms with van der Waals surface area (Å²) in [5.41, 5.74) is 2.44. The number of aromatic nitrogens is 1. The minimum Gasteiger partial charge on any atom is -0.486 e. The normalized spacial score (nSPS) is 10.7. The number of hydrogen-bond acceptors (Lipinski definition) is 3. The minimum absolute atomic E-state index is 0.332. The van der Waals surface area contributed by atoms with Crippen molar-refractivity contribution in [2.75, 3.05) is 6.61 Å². The lowest BCUT2D eigenvalue weighted by Crippen LogP contribution is -2.11. The molecule has 0 aliphatic carbocycles. The summed E-state index contributed by atoms with van der Waals surface area (Å²) >= 11 is 0. The first-order valence-corrected chi connectivity index (χ1v) is 7.63. The molecule has 4 heteroatoms. The highest BCUT2D eigenvalue weighted by atomic mass is 16.5. The zero-order valence-electron chi connectivity index (χ0n) is 13.3. The Kier molecular flexibility index (Phi) is 4.33. The van der Waals surface area contributed by atoms with Crippen molar-refractivity contribution in [1.82, 2.24) is 4.57 Å². The highest BCUT2D eigenvalue weighted by molar-refractivity contribution is 6.01. The topological polar surface area (TPSA) is 40.5 Å². The molecule has 0 fully saturated rings. The first-order chi connectivity index (χ1) is 11.2. The van der Waals surface area contributed by atoms with Crippen molar-refractivity contribution in [1.29, 1.82) is 0 Å². The molecule has 0 spiro atoms. The van der Waals surface area contributed by atoms with Crippen molar-refractivity contribution >= 4 is 16.9 Å². The van der Waals surface area contributed by atoms with Crippen LogP contribution in [-0.2, 0) is 18.4 Å². The molecule has 1 heterocycles. The van der Waals surface area contributed by atoms with E-state index in [0.29, 0.717) is 24.7 Å². The molecule has 0 aliphatic heterocycles. The third kappa shape index (κ3) is 2.93. The van der Waals surface area contributed by atoms with Gasteiger partial charge in [0.1, 0.15) is 6.61 Å². The molecule has 3 rings (SSSR count). The predicted molar refractivity (Wildman–Crippen MR) is 89.6 cm³/mol. The van der Waals surface area contributed by atoms with Gasteiger partial charge < -0.3 is 14.0 Å². The van der Waals surface area contributed by atoms with E-state index < -0.39 is 0 Å². The maximum atomic E-state index is 12.3. The Bertz CT molecular complexity index is 821. The number of rotatable bonds is 5. The van der Waals surface area contributed by atoms with E-state index in [1.165, 1.54) is 0 Å². The van der Waals surface area contributed by atoms with E-state index in [2.05, 4.69) is 0 Å². The van der Waals surface area contributed by atoms with Crippen LogP contribution in [0, 0.1) is 0 Å². The van der Waals surface area contributed by atoms with Gasteiger partial charge in [-0.2, -0.15) is 0 Å². The molecular formula is C19H19NO3. The first-order valence-electron chi connectivity index (χ1n) is 7.63. The molecule has 2 aromatic carbocycles. The van der Waals surface area contributed by atoms with Crippen molar-refractivity contribution in [3.05, 3.63) is 65.9 Å². The number of carbonyl (C=O) groups is 1. The van der Waals surface area contributed by atoms with E-state index in [9.17, 15) is 4.79 Å². The molecule has 0 bridgehead atoms. The standard InChI is InChI=1S/C19H19NO3/c1-3-22-19(21)17-18(23-13-14-9-5-4-6-10-14)15-11-7-8-12-16(15)20(17)2/h4-12H,3,13H2,1-2H3. The van der Waals surface area contributed by atoms with Crippen molar-refractivity contribution in [3.8, 4) is 5.75 Å². The average Bonchev–Trinajstić information content (AvgIpc) is 2.87. The largest absolute Gasteiger partial charge is 0.486 e. The smallest absolute Gasteiger partial charge is 0.358 e. The van der Waals surface area contributed by atoms with Gasteiger partial charge in [-0.1, -0.05) is 42.5 Å². The Balaban J connectivity index is 2.02. The summed E-state index contributed by atoms with van der Waals surface area (Å²) in [5.74, 6) is 0.208. The highest BCUT2D eigenvalue weighted by Gasteiger charge is 2.23. The second-order valence-electron chi connectivity index (χ2n) is 5.25. The van der Waals surface area contributed by atoms with Gasteiger partial charge in [-0.3, -0.25) is 0 Å². The van der Waals surface area contributed by atoms with E-state index in [-0.39, 0.29) is 5.97 Å².